The van der Waals surface area contributed by atoms with E-state index in [-0.39, 0.29) is 57.5 Å². The summed E-state index contributed by atoms with van der Waals surface area (Å²) in [5.74, 6) is -3.12. The third-order valence-corrected chi connectivity index (χ3v) is 6.75. The molecule has 1 fully saturated rings. The molecule has 0 bridgehead atoms. The van der Waals surface area contributed by atoms with Crippen LogP contribution in [0.25, 0.3) is 0 Å². The Morgan fingerprint density at radius 3 is 2.41 bits per heavy atom. The summed E-state index contributed by atoms with van der Waals surface area (Å²) in [7, 11) is 1.96. The Bertz CT molecular complexity index is 1430. The molecule has 1 saturated heterocycles. The lowest BCUT2D eigenvalue weighted by Gasteiger charge is -2.33. The number of aromatic nitrogens is 1. The van der Waals surface area contributed by atoms with Gasteiger partial charge in [0.15, 0.2) is 11.5 Å². The zero-order chi connectivity index (χ0) is 26.6. The molecule has 1 amide bonds. The van der Waals surface area contributed by atoms with Crippen LogP contribution in [-0.4, -0.2) is 65.7 Å². The first kappa shape index (κ1) is 24.9. The van der Waals surface area contributed by atoms with Crippen molar-refractivity contribution in [3.63, 3.8) is 0 Å². The number of halogens is 3. The second-order valence-electron chi connectivity index (χ2n) is 9.29. The van der Waals surface area contributed by atoms with Crippen molar-refractivity contribution in [1.29, 1.82) is 0 Å². The summed E-state index contributed by atoms with van der Waals surface area (Å²) in [6, 6.07) is 3.61. The van der Waals surface area contributed by atoms with Gasteiger partial charge in [0, 0.05) is 44.0 Å². The van der Waals surface area contributed by atoms with Gasteiger partial charge >= 0.3 is 6.18 Å². The quantitative estimate of drug-likeness (QED) is 0.438. The molecule has 37 heavy (non-hydrogen) atoms. The van der Waals surface area contributed by atoms with Gasteiger partial charge in [-0.2, -0.15) is 13.2 Å². The molecule has 0 spiro atoms. The predicted octanol–water partition coefficient (Wildman–Crippen LogP) is 3.68. The van der Waals surface area contributed by atoms with E-state index in [9.17, 15) is 27.6 Å². The summed E-state index contributed by atoms with van der Waals surface area (Å²) in [6.07, 6.45) is -4.63. The molecule has 1 aliphatic heterocycles. The Morgan fingerprint density at radius 2 is 1.73 bits per heavy atom. The normalized spacial score (nSPS) is 16.6. The Kier molecular flexibility index (Phi) is 6.03. The van der Waals surface area contributed by atoms with Crippen molar-refractivity contribution in [2.75, 3.05) is 38.5 Å². The SMILES string of the molecule is Cc1noc2c1C(=O)c1oc(C(=O)Nc3ccc(CN4CCN(C)CC4)c(C(F)(F)F)c3)c(C)c1C2=O. The first-order valence-electron chi connectivity index (χ1n) is 11.6. The van der Waals surface area contributed by atoms with E-state index in [0.29, 0.717) is 13.1 Å². The van der Waals surface area contributed by atoms with Crippen molar-refractivity contribution in [1.82, 2.24) is 15.0 Å². The predicted molar refractivity (Wildman–Crippen MR) is 124 cm³/mol. The van der Waals surface area contributed by atoms with Crippen LogP contribution in [0.3, 0.4) is 0 Å². The number of hydrogen-bond donors (Lipinski definition) is 1. The molecule has 0 saturated carbocycles. The number of ketones is 2. The molecule has 5 rings (SSSR count). The first-order chi connectivity index (χ1) is 17.5. The average molecular weight is 516 g/mol. The summed E-state index contributed by atoms with van der Waals surface area (Å²) >= 11 is 0. The largest absolute Gasteiger partial charge is 0.446 e. The van der Waals surface area contributed by atoms with Gasteiger partial charge in [-0.05, 0) is 38.6 Å². The highest BCUT2D eigenvalue weighted by molar-refractivity contribution is 6.28. The lowest BCUT2D eigenvalue weighted by Crippen LogP contribution is -2.44. The second-order valence-corrected chi connectivity index (χ2v) is 9.29. The number of piperazine rings is 1. The number of carbonyl (C=O) groups is 3. The van der Waals surface area contributed by atoms with Crippen LogP contribution in [0.1, 0.15) is 65.2 Å². The van der Waals surface area contributed by atoms with Crippen LogP contribution in [0.5, 0.6) is 0 Å². The van der Waals surface area contributed by atoms with E-state index in [1.165, 1.54) is 26.0 Å². The van der Waals surface area contributed by atoms with Crippen LogP contribution in [-0.2, 0) is 12.7 Å². The number of anilines is 1. The summed E-state index contributed by atoms with van der Waals surface area (Å²) < 4.78 is 52.2. The summed E-state index contributed by atoms with van der Waals surface area (Å²) in [5, 5.41) is 6.05. The molecule has 3 heterocycles. The first-order valence-corrected chi connectivity index (χ1v) is 11.6. The smallest absolute Gasteiger partial charge is 0.416 e. The zero-order valence-electron chi connectivity index (χ0n) is 20.3. The number of carbonyl (C=O) groups excluding carboxylic acids is 3. The minimum atomic E-state index is -4.63. The highest BCUT2D eigenvalue weighted by Crippen LogP contribution is 2.36. The number of alkyl halides is 3. The lowest BCUT2D eigenvalue weighted by atomic mass is 9.90. The molecule has 194 valence electrons. The highest BCUT2D eigenvalue weighted by atomic mass is 19.4. The van der Waals surface area contributed by atoms with Gasteiger partial charge in [0.1, 0.15) is 5.56 Å². The lowest BCUT2D eigenvalue weighted by molar-refractivity contribution is -0.138. The Balaban J connectivity index is 1.41. The fourth-order valence-corrected chi connectivity index (χ4v) is 4.67. The molecule has 12 heteroatoms. The number of fused-ring (bicyclic) bond motifs is 2. The van der Waals surface area contributed by atoms with Crippen LogP contribution in [0, 0.1) is 13.8 Å². The van der Waals surface area contributed by atoms with Crippen LogP contribution in [0.2, 0.25) is 0 Å². The second kappa shape index (κ2) is 8.96. The van der Waals surface area contributed by atoms with E-state index in [1.807, 2.05) is 11.9 Å². The van der Waals surface area contributed by atoms with Gasteiger partial charge in [0.25, 0.3) is 5.91 Å². The van der Waals surface area contributed by atoms with Crippen LogP contribution >= 0.6 is 0 Å². The maximum atomic E-state index is 13.9. The molecular weight excluding hydrogens is 493 g/mol. The molecule has 1 aromatic carbocycles. The zero-order valence-corrected chi connectivity index (χ0v) is 20.3. The van der Waals surface area contributed by atoms with Crippen LogP contribution in [0.4, 0.5) is 18.9 Å². The number of nitrogens with zero attached hydrogens (tertiary/aromatic N) is 3. The van der Waals surface area contributed by atoms with E-state index in [1.54, 1.807) is 0 Å². The van der Waals surface area contributed by atoms with Crippen molar-refractivity contribution in [3.05, 3.63) is 69.0 Å². The minimum absolute atomic E-state index is 0.0380. The Hall–Kier alpha value is -3.77. The van der Waals surface area contributed by atoms with Crippen LogP contribution in [0.15, 0.2) is 27.1 Å². The minimum Gasteiger partial charge on any atom is -0.446 e. The van der Waals surface area contributed by atoms with Crippen LogP contribution < -0.4 is 5.32 Å². The average Bonchev–Trinajstić information content (AvgIpc) is 3.40. The molecule has 2 aromatic heterocycles. The number of nitrogens with one attached hydrogen (secondary N) is 1. The van der Waals surface area contributed by atoms with Gasteiger partial charge < -0.3 is 19.2 Å². The molecule has 9 nitrogen and oxygen atoms in total. The molecule has 0 unspecified atom stereocenters. The third kappa shape index (κ3) is 4.36. The van der Waals surface area contributed by atoms with E-state index >= 15 is 0 Å². The molecule has 0 radical (unpaired) electrons. The summed E-state index contributed by atoms with van der Waals surface area (Å²) in [5.41, 5.74) is -0.728. The van der Waals surface area contributed by atoms with Gasteiger partial charge in [-0.1, -0.05) is 11.2 Å². The maximum Gasteiger partial charge on any atom is 0.416 e. The topological polar surface area (TPSA) is 109 Å². The Morgan fingerprint density at radius 1 is 1.05 bits per heavy atom. The Labute approximate surface area is 209 Å². The van der Waals surface area contributed by atoms with Gasteiger partial charge in [-0.3, -0.25) is 19.3 Å². The molecule has 3 aromatic rings. The molecule has 2 aliphatic rings. The number of likely N-dealkylation sites (N-methyl/N-ethyl adjacent to an activating group) is 1. The van der Waals surface area contributed by atoms with Crippen molar-refractivity contribution >= 4 is 23.2 Å². The number of hydrogen-bond acceptors (Lipinski definition) is 8. The fraction of sp³-hybridized carbons (Fsp3) is 0.360. The number of aryl methyl sites for hydroxylation is 1. The van der Waals surface area contributed by atoms with E-state index in [2.05, 4.69) is 15.4 Å². The number of furan rings is 1. The van der Waals surface area contributed by atoms with Gasteiger partial charge in [-0.15, -0.1) is 0 Å². The fourth-order valence-electron chi connectivity index (χ4n) is 4.67. The highest BCUT2D eigenvalue weighted by Gasteiger charge is 2.42. The van der Waals surface area contributed by atoms with E-state index in [0.717, 1.165) is 19.2 Å². The summed E-state index contributed by atoms with van der Waals surface area (Å²) in [6.45, 7) is 5.88. The summed E-state index contributed by atoms with van der Waals surface area (Å²) in [4.78, 5) is 42.7. The monoisotopic (exact) mass is 516 g/mol. The van der Waals surface area contributed by atoms with Crippen molar-refractivity contribution in [2.45, 2.75) is 26.6 Å². The molecular formula is C25H23F3N4O5. The number of rotatable bonds is 4. The molecule has 1 N–H and O–H groups in total. The van der Waals surface area contributed by atoms with Crippen molar-refractivity contribution in [2.24, 2.45) is 0 Å². The maximum absolute atomic E-state index is 13.9. The number of amides is 1. The van der Waals surface area contributed by atoms with Crippen molar-refractivity contribution in [3.8, 4) is 0 Å². The van der Waals surface area contributed by atoms with Gasteiger partial charge in [0.2, 0.25) is 17.3 Å². The third-order valence-electron chi connectivity index (χ3n) is 6.75. The van der Waals surface area contributed by atoms with E-state index in [4.69, 9.17) is 8.94 Å². The van der Waals surface area contributed by atoms with Crippen molar-refractivity contribution < 1.29 is 36.5 Å². The number of benzene rings is 1. The molecule has 0 atom stereocenters. The standard InChI is InChI=1S/C25H23F3N4O5/c1-12-17-19(33)23-18(13(2)30-37-23)20(34)22(17)36-21(12)24(35)29-15-5-4-14(16(10-15)25(26,27)28)11-32-8-6-31(3)7-9-32/h4-5,10H,6-9,11H2,1-3H3,(H,29,35). The van der Waals surface area contributed by atoms with E-state index < -0.39 is 29.2 Å². The van der Waals surface area contributed by atoms with Gasteiger partial charge in [0.05, 0.1) is 16.8 Å². The molecule has 1 aliphatic carbocycles. The van der Waals surface area contributed by atoms with Gasteiger partial charge in [-0.25, -0.2) is 0 Å².